The zero-order valence-electron chi connectivity index (χ0n) is 12.2. The quantitative estimate of drug-likeness (QED) is 0.796. The van der Waals surface area contributed by atoms with E-state index < -0.39 is 0 Å². The molecule has 0 bridgehead atoms. The minimum atomic E-state index is -0.128. The highest BCUT2D eigenvalue weighted by Gasteiger charge is 2.26. The molecule has 0 spiro atoms. The normalized spacial score (nSPS) is 20.7. The molecule has 106 valence electrons. The molecule has 1 atom stereocenters. The van der Waals surface area contributed by atoms with E-state index in [4.69, 9.17) is 0 Å². The molecule has 18 heavy (non-hydrogen) atoms. The summed E-state index contributed by atoms with van der Waals surface area (Å²) in [7, 11) is 0. The number of carbonyl (C=O) groups excluding carboxylic acids is 1. The van der Waals surface area contributed by atoms with Gasteiger partial charge in [-0.25, -0.2) is 0 Å². The van der Waals surface area contributed by atoms with Gasteiger partial charge in [0.25, 0.3) is 0 Å². The summed E-state index contributed by atoms with van der Waals surface area (Å²) >= 11 is 0. The van der Waals surface area contributed by atoms with Crippen LogP contribution in [0.15, 0.2) is 0 Å². The van der Waals surface area contributed by atoms with Crippen molar-refractivity contribution in [3.63, 3.8) is 0 Å². The maximum atomic E-state index is 11.9. The SMILES string of the molecule is CC(C(=O)NCCN1CCC(O)CC1)C(C)(C)C. The molecule has 1 amide bonds. The molecule has 1 rings (SSSR count). The van der Waals surface area contributed by atoms with Crippen LogP contribution in [0.5, 0.6) is 0 Å². The fourth-order valence-corrected chi connectivity index (χ4v) is 2.03. The minimum Gasteiger partial charge on any atom is -0.393 e. The van der Waals surface area contributed by atoms with Crippen molar-refractivity contribution in [1.29, 1.82) is 0 Å². The van der Waals surface area contributed by atoms with Gasteiger partial charge >= 0.3 is 0 Å². The monoisotopic (exact) mass is 256 g/mol. The Balaban J connectivity index is 2.20. The van der Waals surface area contributed by atoms with Crippen molar-refractivity contribution in [1.82, 2.24) is 10.2 Å². The molecule has 1 unspecified atom stereocenters. The first-order valence-corrected chi connectivity index (χ1v) is 6.99. The van der Waals surface area contributed by atoms with E-state index in [1.807, 2.05) is 6.92 Å². The molecule has 1 fully saturated rings. The topological polar surface area (TPSA) is 52.6 Å². The van der Waals surface area contributed by atoms with Crippen LogP contribution in [0, 0.1) is 11.3 Å². The van der Waals surface area contributed by atoms with Gasteiger partial charge in [0.05, 0.1) is 6.10 Å². The van der Waals surface area contributed by atoms with Gasteiger partial charge < -0.3 is 15.3 Å². The third kappa shape index (κ3) is 4.94. The second-order valence-corrected chi connectivity index (χ2v) is 6.45. The van der Waals surface area contributed by atoms with Gasteiger partial charge in [-0.05, 0) is 18.3 Å². The molecule has 0 aromatic carbocycles. The van der Waals surface area contributed by atoms with Gasteiger partial charge in [-0.2, -0.15) is 0 Å². The minimum absolute atomic E-state index is 0.0132. The largest absolute Gasteiger partial charge is 0.393 e. The Kier molecular flexibility index (Phi) is 5.60. The zero-order chi connectivity index (χ0) is 13.8. The Bertz CT molecular complexity index is 265. The maximum absolute atomic E-state index is 11.9. The lowest BCUT2D eigenvalue weighted by molar-refractivity contribution is -0.127. The van der Waals surface area contributed by atoms with Crippen molar-refractivity contribution in [2.45, 2.75) is 46.6 Å². The number of piperidine rings is 1. The second kappa shape index (κ2) is 6.53. The van der Waals surface area contributed by atoms with Gasteiger partial charge in [-0.3, -0.25) is 4.79 Å². The maximum Gasteiger partial charge on any atom is 0.223 e. The molecule has 2 N–H and O–H groups in total. The molecule has 0 aliphatic carbocycles. The number of nitrogens with zero attached hydrogens (tertiary/aromatic N) is 1. The lowest BCUT2D eigenvalue weighted by Gasteiger charge is -2.30. The molecule has 1 saturated heterocycles. The highest BCUT2D eigenvalue weighted by Crippen LogP contribution is 2.25. The Morgan fingerprint density at radius 1 is 1.39 bits per heavy atom. The highest BCUT2D eigenvalue weighted by atomic mass is 16.3. The Morgan fingerprint density at radius 3 is 2.44 bits per heavy atom. The summed E-state index contributed by atoms with van der Waals surface area (Å²) in [5, 5.41) is 12.4. The Morgan fingerprint density at radius 2 is 1.94 bits per heavy atom. The van der Waals surface area contributed by atoms with Crippen LogP contribution in [0.25, 0.3) is 0 Å². The molecule has 0 aromatic heterocycles. The first-order valence-electron chi connectivity index (χ1n) is 6.99. The van der Waals surface area contributed by atoms with Gasteiger partial charge in [-0.15, -0.1) is 0 Å². The zero-order valence-corrected chi connectivity index (χ0v) is 12.2. The van der Waals surface area contributed by atoms with Crippen LogP contribution in [-0.4, -0.2) is 48.2 Å². The van der Waals surface area contributed by atoms with E-state index in [9.17, 15) is 9.90 Å². The van der Waals surface area contributed by atoms with Gasteiger partial charge in [0.1, 0.15) is 0 Å². The predicted molar refractivity (Wildman–Crippen MR) is 73.3 cm³/mol. The van der Waals surface area contributed by atoms with Crippen LogP contribution in [0.2, 0.25) is 0 Å². The van der Waals surface area contributed by atoms with Crippen molar-refractivity contribution in [3.8, 4) is 0 Å². The van der Waals surface area contributed by atoms with Crippen LogP contribution in [0.4, 0.5) is 0 Å². The summed E-state index contributed by atoms with van der Waals surface area (Å²) in [4.78, 5) is 14.2. The number of hydrogen-bond donors (Lipinski definition) is 2. The Labute approximate surface area is 111 Å². The van der Waals surface area contributed by atoms with Gasteiger partial charge in [0.2, 0.25) is 5.91 Å². The van der Waals surface area contributed by atoms with Crippen LogP contribution in [0.1, 0.15) is 40.5 Å². The molecule has 4 nitrogen and oxygen atoms in total. The van der Waals surface area contributed by atoms with E-state index in [2.05, 4.69) is 31.0 Å². The summed E-state index contributed by atoms with van der Waals surface area (Å²) in [6, 6.07) is 0. The summed E-state index contributed by atoms with van der Waals surface area (Å²) in [6.45, 7) is 11.7. The third-order valence-electron chi connectivity index (χ3n) is 3.98. The number of aliphatic hydroxyl groups is 1. The van der Waals surface area contributed by atoms with Crippen LogP contribution in [-0.2, 0) is 4.79 Å². The van der Waals surface area contributed by atoms with Crippen LogP contribution < -0.4 is 5.32 Å². The summed E-state index contributed by atoms with van der Waals surface area (Å²) in [6.07, 6.45) is 1.58. The molecule has 1 aliphatic rings. The summed E-state index contributed by atoms with van der Waals surface area (Å²) in [5.41, 5.74) is 0.0132. The van der Waals surface area contributed by atoms with Crippen molar-refractivity contribution in [2.75, 3.05) is 26.2 Å². The predicted octanol–water partition coefficient (Wildman–Crippen LogP) is 1.24. The number of amides is 1. The fourth-order valence-electron chi connectivity index (χ4n) is 2.03. The fraction of sp³-hybridized carbons (Fsp3) is 0.929. The van der Waals surface area contributed by atoms with Crippen molar-refractivity contribution >= 4 is 5.91 Å². The van der Waals surface area contributed by atoms with Gasteiger partial charge in [-0.1, -0.05) is 27.7 Å². The molecule has 0 saturated carbocycles. The lowest BCUT2D eigenvalue weighted by atomic mass is 9.81. The molecule has 1 aliphatic heterocycles. The van der Waals surface area contributed by atoms with E-state index in [1.54, 1.807) is 0 Å². The smallest absolute Gasteiger partial charge is 0.223 e. The number of carbonyl (C=O) groups is 1. The van der Waals surface area contributed by atoms with Crippen molar-refractivity contribution in [3.05, 3.63) is 0 Å². The first-order chi connectivity index (χ1) is 8.30. The lowest BCUT2D eigenvalue weighted by Crippen LogP contribution is -2.43. The molecule has 0 radical (unpaired) electrons. The molecule has 4 heteroatoms. The van der Waals surface area contributed by atoms with E-state index in [0.29, 0.717) is 6.54 Å². The van der Waals surface area contributed by atoms with Gasteiger partial charge in [0.15, 0.2) is 0 Å². The summed E-state index contributed by atoms with van der Waals surface area (Å²) < 4.78 is 0. The van der Waals surface area contributed by atoms with E-state index in [1.165, 1.54) is 0 Å². The summed E-state index contributed by atoms with van der Waals surface area (Å²) in [5.74, 6) is 0.167. The number of hydrogen-bond acceptors (Lipinski definition) is 3. The molecular weight excluding hydrogens is 228 g/mol. The standard InChI is InChI=1S/C14H28N2O2/c1-11(14(2,3)4)13(18)15-7-10-16-8-5-12(17)6-9-16/h11-12,17H,5-10H2,1-4H3,(H,15,18). The molecule has 0 aromatic rings. The first kappa shape index (κ1) is 15.4. The average Bonchev–Trinajstić information content (AvgIpc) is 2.29. The number of rotatable bonds is 4. The van der Waals surface area contributed by atoms with Crippen LogP contribution in [0.3, 0.4) is 0 Å². The Hall–Kier alpha value is -0.610. The average molecular weight is 256 g/mol. The second-order valence-electron chi connectivity index (χ2n) is 6.45. The molecular formula is C14H28N2O2. The van der Waals surface area contributed by atoms with E-state index in [-0.39, 0.29) is 23.3 Å². The van der Waals surface area contributed by atoms with Crippen molar-refractivity contribution in [2.24, 2.45) is 11.3 Å². The van der Waals surface area contributed by atoms with Crippen LogP contribution >= 0.6 is 0 Å². The van der Waals surface area contributed by atoms with E-state index >= 15 is 0 Å². The number of nitrogens with one attached hydrogen (secondary N) is 1. The highest BCUT2D eigenvalue weighted by molar-refractivity contribution is 5.78. The van der Waals surface area contributed by atoms with Gasteiger partial charge in [0, 0.05) is 32.1 Å². The number of aliphatic hydroxyl groups excluding tert-OH is 1. The number of likely N-dealkylation sites (tertiary alicyclic amines) is 1. The van der Waals surface area contributed by atoms with E-state index in [0.717, 1.165) is 32.5 Å². The third-order valence-corrected chi connectivity index (χ3v) is 3.98. The van der Waals surface area contributed by atoms with Crippen molar-refractivity contribution < 1.29 is 9.90 Å². The molecule has 1 heterocycles.